The molecule has 0 heterocycles. The lowest BCUT2D eigenvalue weighted by molar-refractivity contribution is -0.133. The largest absolute Gasteiger partial charge is 0.478 e. The first kappa shape index (κ1) is 21.4. The zero-order chi connectivity index (χ0) is 19.0. The number of carboxylic acid groups (broad SMARTS) is 1. The van der Waals surface area contributed by atoms with Crippen molar-refractivity contribution in [2.24, 2.45) is 5.92 Å². The molecule has 0 saturated heterocycles. The minimum absolute atomic E-state index is 0.0169. The summed E-state index contributed by atoms with van der Waals surface area (Å²) in [4.78, 5) is 23.4. The molecule has 0 unspecified atom stereocenters. The van der Waals surface area contributed by atoms with E-state index in [0.717, 1.165) is 19.4 Å². The van der Waals surface area contributed by atoms with E-state index in [2.05, 4.69) is 31.1 Å². The van der Waals surface area contributed by atoms with Crippen LogP contribution in [0.2, 0.25) is 0 Å². The summed E-state index contributed by atoms with van der Waals surface area (Å²) in [5, 5.41) is 15.8. The van der Waals surface area contributed by atoms with Crippen molar-refractivity contribution in [3.05, 3.63) is 24.3 Å². The van der Waals surface area contributed by atoms with Gasteiger partial charge in [-0.05, 0) is 43.9 Å². The lowest BCUT2D eigenvalue weighted by atomic mass is 9.87. The van der Waals surface area contributed by atoms with Gasteiger partial charge in [-0.1, -0.05) is 34.3 Å². The zero-order valence-electron chi connectivity index (χ0n) is 15.7. The topological polar surface area (TPSA) is 87.7 Å². The second kappa shape index (κ2) is 10.4. The molecule has 6 nitrogen and oxygen atoms in total. The molecule has 0 aromatic carbocycles. The first-order chi connectivity index (χ1) is 11.8. The maximum absolute atomic E-state index is 11.9. The second-order valence-electron chi connectivity index (χ2n) is 6.89. The summed E-state index contributed by atoms with van der Waals surface area (Å²) >= 11 is 0. The Hall–Kier alpha value is -1.66. The van der Waals surface area contributed by atoms with Crippen LogP contribution in [0.25, 0.3) is 0 Å². The van der Waals surface area contributed by atoms with E-state index in [9.17, 15) is 14.7 Å². The van der Waals surface area contributed by atoms with Crippen LogP contribution in [0.1, 0.15) is 47.0 Å². The van der Waals surface area contributed by atoms with Crippen LogP contribution in [0.4, 0.5) is 0 Å². The number of hydrogen-bond donors (Lipinski definition) is 3. The smallest absolute Gasteiger partial charge is 0.331 e. The summed E-state index contributed by atoms with van der Waals surface area (Å²) < 4.78 is 6.14. The molecular formula is C19H32N2O4. The predicted molar refractivity (Wildman–Crippen MR) is 98.3 cm³/mol. The van der Waals surface area contributed by atoms with Gasteiger partial charge in [-0.15, -0.1) is 0 Å². The first-order valence-electron chi connectivity index (χ1n) is 9.08. The van der Waals surface area contributed by atoms with E-state index in [4.69, 9.17) is 4.74 Å². The van der Waals surface area contributed by atoms with Gasteiger partial charge in [0, 0.05) is 11.6 Å². The Morgan fingerprint density at radius 2 is 2.04 bits per heavy atom. The van der Waals surface area contributed by atoms with Crippen LogP contribution >= 0.6 is 0 Å². The lowest BCUT2D eigenvalue weighted by Gasteiger charge is -2.39. The third kappa shape index (κ3) is 6.63. The average Bonchev–Trinajstić information content (AvgIpc) is 2.58. The van der Waals surface area contributed by atoms with Gasteiger partial charge >= 0.3 is 5.97 Å². The van der Waals surface area contributed by atoms with Crippen molar-refractivity contribution in [1.82, 2.24) is 10.6 Å². The normalized spacial score (nSPS) is 23.4. The summed E-state index contributed by atoms with van der Waals surface area (Å²) in [7, 11) is 0. The van der Waals surface area contributed by atoms with E-state index in [1.54, 1.807) is 6.08 Å². The number of ether oxygens (including phenoxy) is 1. The van der Waals surface area contributed by atoms with Crippen molar-refractivity contribution in [2.75, 3.05) is 6.54 Å². The molecule has 1 amide bonds. The van der Waals surface area contributed by atoms with E-state index < -0.39 is 12.1 Å². The van der Waals surface area contributed by atoms with E-state index in [1.807, 2.05) is 13.8 Å². The molecule has 0 fully saturated rings. The molecule has 25 heavy (non-hydrogen) atoms. The monoisotopic (exact) mass is 352 g/mol. The van der Waals surface area contributed by atoms with Gasteiger partial charge in [0.1, 0.15) is 0 Å². The molecule has 3 atom stereocenters. The number of aliphatic carboxylic acids is 1. The highest BCUT2D eigenvalue weighted by Gasteiger charge is 2.37. The van der Waals surface area contributed by atoms with Gasteiger partial charge < -0.3 is 20.5 Å². The molecule has 1 rings (SSSR count). The summed E-state index contributed by atoms with van der Waals surface area (Å²) in [6.45, 7) is 12.5. The van der Waals surface area contributed by atoms with Crippen molar-refractivity contribution in [3.8, 4) is 0 Å². The fraction of sp³-hybridized carbons (Fsp3) is 0.684. The van der Waals surface area contributed by atoms with Gasteiger partial charge in [-0.25, -0.2) is 4.79 Å². The number of carbonyl (C=O) groups excluding carboxylic acids is 1. The standard InChI is InChI=1S/C19H32N2O4/c1-6-14(7-2)25-16-10-13(19(23)24)9-15(20-11-12(4)5)18(16)21-17(22)8-3/h8,10,12,14-16,18,20H,3,6-7,9,11H2,1-2,4-5H3,(H,21,22)(H,23,24)/t15-,16+,18+/m0/s1. The van der Waals surface area contributed by atoms with Gasteiger partial charge in [0.15, 0.2) is 0 Å². The molecule has 0 bridgehead atoms. The van der Waals surface area contributed by atoms with Crippen LogP contribution in [-0.4, -0.2) is 47.8 Å². The number of rotatable bonds is 10. The SMILES string of the molecule is C=CC(=O)N[C@@H]1[C@@H](NCC(C)C)CC(C(=O)O)=C[C@H]1OC(CC)CC. The maximum Gasteiger partial charge on any atom is 0.331 e. The molecule has 0 aliphatic heterocycles. The Balaban J connectivity index is 3.11. The predicted octanol–water partition coefficient (Wildman–Crippen LogP) is 2.26. The van der Waals surface area contributed by atoms with Crippen LogP contribution in [0.3, 0.4) is 0 Å². The van der Waals surface area contributed by atoms with Crippen molar-refractivity contribution >= 4 is 11.9 Å². The van der Waals surface area contributed by atoms with Crippen LogP contribution in [-0.2, 0) is 14.3 Å². The molecule has 1 aliphatic carbocycles. The van der Waals surface area contributed by atoms with Crippen molar-refractivity contribution in [2.45, 2.75) is 71.2 Å². The number of carbonyl (C=O) groups is 2. The van der Waals surface area contributed by atoms with Crippen LogP contribution in [0, 0.1) is 5.92 Å². The highest BCUT2D eigenvalue weighted by atomic mass is 16.5. The van der Waals surface area contributed by atoms with E-state index in [-0.39, 0.29) is 24.1 Å². The quantitative estimate of drug-likeness (QED) is 0.525. The van der Waals surface area contributed by atoms with Gasteiger partial charge in [-0.3, -0.25) is 4.79 Å². The first-order valence-corrected chi connectivity index (χ1v) is 9.08. The minimum Gasteiger partial charge on any atom is -0.478 e. The highest BCUT2D eigenvalue weighted by molar-refractivity contribution is 5.88. The molecule has 0 aromatic rings. The molecule has 0 spiro atoms. The lowest BCUT2D eigenvalue weighted by Crippen LogP contribution is -2.59. The fourth-order valence-electron chi connectivity index (χ4n) is 2.94. The minimum atomic E-state index is -0.942. The fourth-order valence-corrected chi connectivity index (χ4v) is 2.94. The highest BCUT2D eigenvalue weighted by Crippen LogP contribution is 2.24. The van der Waals surface area contributed by atoms with Gasteiger partial charge in [-0.2, -0.15) is 0 Å². The van der Waals surface area contributed by atoms with Crippen molar-refractivity contribution < 1.29 is 19.4 Å². The molecule has 142 valence electrons. The number of amides is 1. The molecule has 6 heteroatoms. The Morgan fingerprint density at radius 1 is 1.40 bits per heavy atom. The van der Waals surface area contributed by atoms with Gasteiger partial charge in [0.2, 0.25) is 5.91 Å². The summed E-state index contributed by atoms with van der Waals surface area (Å²) in [5.74, 6) is -0.817. The average molecular weight is 352 g/mol. The Morgan fingerprint density at radius 3 is 2.52 bits per heavy atom. The maximum atomic E-state index is 11.9. The molecular weight excluding hydrogens is 320 g/mol. The van der Waals surface area contributed by atoms with E-state index >= 15 is 0 Å². The van der Waals surface area contributed by atoms with E-state index in [0.29, 0.717) is 17.9 Å². The molecule has 0 aromatic heterocycles. The second-order valence-corrected chi connectivity index (χ2v) is 6.89. The molecule has 3 N–H and O–H groups in total. The number of hydrogen-bond acceptors (Lipinski definition) is 4. The third-order valence-electron chi connectivity index (χ3n) is 4.41. The van der Waals surface area contributed by atoms with Gasteiger partial charge in [0.05, 0.1) is 18.2 Å². The zero-order valence-corrected chi connectivity index (χ0v) is 15.7. The van der Waals surface area contributed by atoms with Crippen LogP contribution in [0.15, 0.2) is 24.3 Å². The summed E-state index contributed by atoms with van der Waals surface area (Å²) in [6.07, 6.45) is 4.39. The molecule has 0 saturated carbocycles. The van der Waals surface area contributed by atoms with Crippen molar-refractivity contribution in [1.29, 1.82) is 0 Å². The third-order valence-corrected chi connectivity index (χ3v) is 4.41. The Bertz CT molecular complexity index is 498. The van der Waals surface area contributed by atoms with E-state index in [1.165, 1.54) is 6.08 Å². The Labute approximate surface area is 150 Å². The summed E-state index contributed by atoms with van der Waals surface area (Å²) in [5.41, 5.74) is 0.321. The molecule has 0 radical (unpaired) electrons. The van der Waals surface area contributed by atoms with Gasteiger partial charge in [0.25, 0.3) is 0 Å². The van der Waals surface area contributed by atoms with Crippen LogP contribution in [0.5, 0.6) is 0 Å². The number of nitrogens with one attached hydrogen (secondary N) is 2. The van der Waals surface area contributed by atoms with Crippen molar-refractivity contribution in [3.63, 3.8) is 0 Å². The van der Waals surface area contributed by atoms with Crippen LogP contribution < -0.4 is 10.6 Å². The Kier molecular flexibility index (Phi) is 8.86. The molecule has 1 aliphatic rings. The summed E-state index contributed by atoms with van der Waals surface area (Å²) in [6, 6.07) is -0.547. The number of carboxylic acids is 1.